The molecule has 9 aromatic carbocycles. The van der Waals surface area contributed by atoms with E-state index < -0.39 is 11.9 Å². The van der Waals surface area contributed by atoms with Crippen LogP contribution in [0.25, 0.3) is 89.0 Å². The van der Waals surface area contributed by atoms with Gasteiger partial charge in [0, 0.05) is 6.54 Å². The topological polar surface area (TPSA) is 106 Å². The van der Waals surface area contributed by atoms with Crippen LogP contribution in [0, 0.1) is 55.4 Å². The van der Waals surface area contributed by atoms with E-state index in [0.717, 1.165) is 16.9 Å². The SMILES string of the molecule is Cc1cccc(-c2ccc(-c3ccc(-c4ccc(-c5ccc(-c6ccc(-c7ccc(-c8ccc(-c9ccc(OCCOCCOCCN(CC(=O)O)CC(=O)O)cc9)c(C)c8)cc7C)c(C)c6)cc5C)c(C)c4)cc3C)c(C)c2)c1. The summed E-state index contributed by atoms with van der Waals surface area (Å²) in [4.78, 5) is 23.2. The summed E-state index contributed by atoms with van der Waals surface area (Å²) in [6.07, 6.45) is 0. The molecular formula is C72H71NO7. The summed E-state index contributed by atoms with van der Waals surface area (Å²) >= 11 is 0. The van der Waals surface area contributed by atoms with E-state index in [4.69, 9.17) is 24.4 Å². The number of aliphatic carboxylic acids is 2. The standard InChI is InChI=1S/C72H71NO7/c1-46-10-9-11-55(36-46)56-15-24-65(48(3)38-56)66-26-17-59(40-50(66)5)60-19-28-69(52(7)42-60)70-29-20-62(43-53(70)8)61-18-27-68(51(6)41-61)67-25-16-58(39-49(67)4)57-14-23-64(47(2)37-57)54-12-21-63(22-13-54)80-35-34-79-33-32-78-31-30-73(44-71(74)75)45-72(76)77/h9-29,36-43H,30-35,44-45H2,1-8H3,(H,74,75)(H,76,77). The van der Waals surface area contributed by atoms with Crippen LogP contribution in [0.15, 0.2) is 176 Å². The lowest BCUT2D eigenvalue weighted by atomic mass is 9.88. The summed E-state index contributed by atoms with van der Waals surface area (Å²) in [6, 6.07) is 64.6. The Hall–Kier alpha value is -8.40. The second-order valence-corrected chi connectivity index (χ2v) is 21.2. The van der Waals surface area contributed by atoms with Gasteiger partial charge in [0.15, 0.2) is 0 Å². The molecule has 0 heterocycles. The molecule has 9 rings (SSSR count). The van der Waals surface area contributed by atoms with Crippen molar-refractivity contribution >= 4 is 11.9 Å². The van der Waals surface area contributed by atoms with Gasteiger partial charge >= 0.3 is 11.9 Å². The van der Waals surface area contributed by atoms with E-state index in [9.17, 15) is 9.59 Å². The minimum atomic E-state index is -1.08. The van der Waals surface area contributed by atoms with Crippen molar-refractivity contribution in [1.82, 2.24) is 4.90 Å². The van der Waals surface area contributed by atoms with Crippen LogP contribution in [0.2, 0.25) is 0 Å². The van der Waals surface area contributed by atoms with Gasteiger partial charge in [-0.25, -0.2) is 0 Å². The smallest absolute Gasteiger partial charge is 0.317 e. The Kier molecular flexibility index (Phi) is 18.0. The van der Waals surface area contributed by atoms with Crippen molar-refractivity contribution in [2.75, 3.05) is 52.7 Å². The number of nitrogens with zero attached hydrogens (tertiary/aromatic N) is 1. The zero-order valence-corrected chi connectivity index (χ0v) is 47.3. The van der Waals surface area contributed by atoms with E-state index in [1.165, 1.54) is 127 Å². The van der Waals surface area contributed by atoms with Crippen molar-refractivity contribution in [3.63, 3.8) is 0 Å². The number of carboxylic acids is 2. The Balaban J connectivity index is 0.785. The molecule has 0 aliphatic carbocycles. The highest BCUT2D eigenvalue weighted by Crippen LogP contribution is 2.39. The lowest BCUT2D eigenvalue weighted by Gasteiger charge is -2.17. The van der Waals surface area contributed by atoms with Gasteiger partial charge in [-0.2, -0.15) is 0 Å². The van der Waals surface area contributed by atoms with Gasteiger partial charge in [-0.1, -0.05) is 169 Å². The second kappa shape index (κ2) is 25.6. The van der Waals surface area contributed by atoms with Gasteiger partial charge in [0.25, 0.3) is 0 Å². The Morgan fingerprint density at radius 3 is 0.963 bits per heavy atom. The van der Waals surface area contributed by atoms with E-state index in [1.54, 1.807) is 0 Å². The van der Waals surface area contributed by atoms with Crippen LogP contribution in [0.4, 0.5) is 0 Å². The molecule has 0 bridgehead atoms. The minimum Gasteiger partial charge on any atom is -0.491 e. The number of aryl methyl sites for hydroxylation is 8. The third-order valence-corrected chi connectivity index (χ3v) is 15.1. The molecular weight excluding hydrogens is 991 g/mol. The van der Waals surface area contributed by atoms with Crippen LogP contribution >= 0.6 is 0 Å². The Labute approximate surface area is 471 Å². The maximum atomic E-state index is 11.0. The molecule has 0 fully saturated rings. The molecule has 0 aliphatic rings. The normalized spacial score (nSPS) is 11.3. The van der Waals surface area contributed by atoms with E-state index in [1.807, 2.05) is 12.1 Å². The Bertz CT molecular complexity index is 3690. The van der Waals surface area contributed by atoms with Gasteiger partial charge < -0.3 is 24.4 Å². The van der Waals surface area contributed by atoms with Crippen LogP contribution < -0.4 is 4.74 Å². The quantitative estimate of drug-likeness (QED) is 0.0647. The van der Waals surface area contributed by atoms with Gasteiger partial charge in [0.2, 0.25) is 0 Å². The number of carbonyl (C=O) groups is 2. The maximum Gasteiger partial charge on any atom is 0.317 e. The molecule has 9 aromatic rings. The van der Waals surface area contributed by atoms with Gasteiger partial charge in [0.05, 0.1) is 39.5 Å². The zero-order chi connectivity index (χ0) is 56.5. The third kappa shape index (κ3) is 13.7. The van der Waals surface area contributed by atoms with Crippen molar-refractivity contribution in [2.24, 2.45) is 0 Å². The fraction of sp³-hybridized carbons (Fsp3) is 0.222. The fourth-order valence-electron chi connectivity index (χ4n) is 10.9. The summed E-state index contributed by atoms with van der Waals surface area (Å²) < 4.78 is 17.0. The van der Waals surface area contributed by atoms with E-state index in [2.05, 4.69) is 219 Å². The maximum absolute atomic E-state index is 11.0. The first-order chi connectivity index (χ1) is 38.6. The molecule has 80 heavy (non-hydrogen) atoms. The van der Waals surface area contributed by atoms with E-state index >= 15 is 0 Å². The van der Waals surface area contributed by atoms with Crippen LogP contribution in [-0.4, -0.2) is 79.7 Å². The first-order valence-corrected chi connectivity index (χ1v) is 27.5. The summed E-state index contributed by atoms with van der Waals surface area (Å²) in [6.45, 7) is 18.7. The molecule has 0 saturated carbocycles. The molecule has 0 atom stereocenters. The molecule has 0 spiro atoms. The Morgan fingerprint density at radius 2 is 0.637 bits per heavy atom. The van der Waals surface area contributed by atoms with Gasteiger partial charge in [0.1, 0.15) is 12.4 Å². The average molecular weight is 1060 g/mol. The molecule has 0 aromatic heterocycles. The number of rotatable bonds is 22. The lowest BCUT2D eigenvalue weighted by Crippen LogP contribution is -2.37. The monoisotopic (exact) mass is 1060 g/mol. The van der Waals surface area contributed by atoms with Crippen LogP contribution in [-0.2, 0) is 19.1 Å². The zero-order valence-electron chi connectivity index (χ0n) is 47.3. The summed E-state index contributed by atoms with van der Waals surface area (Å²) in [5.74, 6) is -1.42. The first-order valence-electron chi connectivity index (χ1n) is 27.5. The predicted molar refractivity (Wildman–Crippen MR) is 327 cm³/mol. The molecule has 0 aliphatic heterocycles. The first kappa shape index (κ1) is 56.3. The van der Waals surface area contributed by atoms with E-state index in [0.29, 0.717) is 26.4 Å². The second-order valence-electron chi connectivity index (χ2n) is 21.2. The molecule has 0 amide bonds. The largest absolute Gasteiger partial charge is 0.491 e. The molecule has 8 heteroatoms. The molecule has 8 nitrogen and oxygen atoms in total. The predicted octanol–water partition coefficient (Wildman–Crippen LogP) is 16.4. The molecule has 0 saturated heterocycles. The van der Waals surface area contributed by atoms with Crippen LogP contribution in [0.1, 0.15) is 44.5 Å². The highest BCUT2D eigenvalue weighted by Gasteiger charge is 2.16. The lowest BCUT2D eigenvalue weighted by molar-refractivity contribution is -0.142. The fourth-order valence-corrected chi connectivity index (χ4v) is 10.9. The van der Waals surface area contributed by atoms with Crippen molar-refractivity contribution in [3.05, 3.63) is 220 Å². The number of ether oxygens (including phenoxy) is 3. The van der Waals surface area contributed by atoms with Gasteiger partial charge in [-0.05, 0) is 195 Å². The molecule has 0 radical (unpaired) electrons. The number of benzene rings is 9. The highest BCUT2D eigenvalue weighted by molar-refractivity contribution is 5.83. The third-order valence-electron chi connectivity index (χ3n) is 15.1. The van der Waals surface area contributed by atoms with Gasteiger partial charge in [-0.3, -0.25) is 14.5 Å². The minimum absolute atomic E-state index is 0.202. The average Bonchev–Trinajstić information content (AvgIpc) is 3.45. The van der Waals surface area contributed by atoms with Crippen molar-refractivity contribution in [3.8, 4) is 94.8 Å². The summed E-state index contributed by atoms with van der Waals surface area (Å²) in [5, 5.41) is 17.9. The van der Waals surface area contributed by atoms with Crippen molar-refractivity contribution in [1.29, 1.82) is 0 Å². The van der Waals surface area contributed by atoms with Crippen molar-refractivity contribution < 1.29 is 34.0 Å². The van der Waals surface area contributed by atoms with E-state index in [-0.39, 0.29) is 26.2 Å². The number of hydrogen-bond donors (Lipinski definition) is 2. The molecule has 2 N–H and O–H groups in total. The van der Waals surface area contributed by atoms with Gasteiger partial charge in [-0.15, -0.1) is 0 Å². The summed E-state index contributed by atoms with van der Waals surface area (Å²) in [7, 11) is 0. The molecule has 0 unspecified atom stereocenters. The van der Waals surface area contributed by atoms with Crippen LogP contribution in [0.3, 0.4) is 0 Å². The number of hydrogen-bond acceptors (Lipinski definition) is 6. The number of carboxylic acid groups (broad SMARTS) is 2. The Morgan fingerprint density at radius 1 is 0.338 bits per heavy atom. The molecule has 406 valence electrons. The highest BCUT2D eigenvalue weighted by atomic mass is 16.5. The van der Waals surface area contributed by atoms with Crippen LogP contribution in [0.5, 0.6) is 5.75 Å². The summed E-state index contributed by atoms with van der Waals surface area (Å²) in [5.41, 5.74) is 29.5. The van der Waals surface area contributed by atoms with Crippen molar-refractivity contribution in [2.45, 2.75) is 55.4 Å².